The fourth-order valence-electron chi connectivity index (χ4n) is 3.46. The van der Waals surface area contributed by atoms with Gasteiger partial charge in [-0.05, 0) is 29.7 Å². The highest BCUT2D eigenvalue weighted by molar-refractivity contribution is 5.88. The first kappa shape index (κ1) is 22.1. The lowest BCUT2D eigenvalue weighted by Gasteiger charge is -2.20. The standard InChI is InChI=1S/C26H27NO4/c1-18(20-9-5-4-6-10-20)25(28)27-23(26(29)31-3)17-19-13-15-21(16-14-19)22-11-7-8-12-24(22)30-2/h4-16,18,23H,17H2,1-3H3,(H,27,28)/t18-,23-/m0/s1. The van der Waals surface area contributed by atoms with Gasteiger partial charge in [-0.2, -0.15) is 0 Å². The average molecular weight is 418 g/mol. The van der Waals surface area contributed by atoms with Gasteiger partial charge < -0.3 is 14.8 Å². The maximum Gasteiger partial charge on any atom is 0.328 e. The normalized spacial score (nSPS) is 12.5. The van der Waals surface area contributed by atoms with Gasteiger partial charge >= 0.3 is 5.97 Å². The summed E-state index contributed by atoms with van der Waals surface area (Å²) in [4.78, 5) is 25.1. The molecule has 0 heterocycles. The highest BCUT2D eigenvalue weighted by Crippen LogP contribution is 2.29. The lowest BCUT2D eigenvalue weighted by atomic mass is 9.98. The zero-order valence-electron chi connectivity index (χ0n) is 18.0. The van der Waals surface area contributed by atoms with E-state index >= 15 is 0 Å². The number of ether oxygens (including phenoxy) is 2. The summed E-state index contributed by atoms with van der Waals surface area (Å²) in [5.41, 5.74) is 3.81. The minimum atomic E-state index is -0.763. The van der Waals surface area contributed by atoms with E-state index in [0.29, 0.717) is 6.42 Å². The van der Waals surface area contributed by atoms with E-state index in [4.69, 9.17) is 9.47 Å². The highest BCUT2D eigenvalue weighted by atomic mass is 16.5. The van der Waals surface area contributed by atoms with Gasteiger partial charge in [-0.1, -0.05) is 72.8 Å². The molecule has 2 atom stereocenters. The molecule has 31 heavy (non-hydrogen) atoms. The number of hydrogen-bond donors (Lipinski definition) is 1. The lowest BCUT2D eigenvalue weighted by Crippen LogP contribution is -2.44. The number of carbonyl (C=O) groups is 2. The van der Waals surface area contributed by atoms with Crippen molar-refractivity contribution in [1.82, 2.24) is 5.32 Å². The average Bonchev–Trinajstić information content (AvgIpc) is 2.83. The number of hydrogen-bond acceptors (Lipinski definition) is 4. The van der Waals surface area contributed by atoms with Crippen LogP contribution in [-0.4, -0.2) is 32.1 Å². The van der Waals surface area contributed by atoms with Crippen LogP contribution < -0.4 is 10.1 Å². The van der Waals surface area contributed by atoms with Gasteiger partial charge in [0.2, 0.25) is 5.91 Å². The Kier molecular flexibility index (Phi) is 7.44. The Bertz CT molecular complexity index is 1020. The van der Waals surface area contributed by atoms with Crippen LogP contribution in [0, 0.1) is 0 Å². The number of methoxy groups -OCH3 is 2. The molecule has 160 valence electrons. The highest BCUT2D eigenvalue weighted by Gasteiger charge is 2.25. The largest absolute Gasteiger partial charge is 0.496 e. The molecule has 0 unspecified atom stereocenters. The maximum absolute atomic E-state index is 12.7. The summed E-state index contributed by atoms with van der Waals surface area (Å²) in [7, 11) is 2.97. The van der Waals surface area contributed by atoms with Crippen molar-refractivity contribution < 1.29 is 19.1 Å². The quantitative estimate of drug-likeness (QED) is 0.553. The van der Waals surface area contributed by atoms with Crippen molar-refractivity contribution in [2.45, 2.75) is 25.3 Å². The van der Waals surface area contributed by atoms with Crippen LogP contribution in [-0.2, 0) is 20.7 Å². The van der Waals surface area contributed by atoms with E-state index in [1.807, 2.05) is 85.8 Å². The third-order valence-corrected chi connectivity index (χ3v) is 5.31. The zero-order valence-corrected chi connectivity index (χ0v) is 18.0. The maximum atomic E-state index is 12.7. The first-order valence-corrected chi connectivity index (χ1v) is 10.2. The molecule has 0 bridgehead atoms. The minimum Gasteiger partial charge on any atom is -0.496 e. The van der Waals surface area contributed by atoms with Crippen molar-refractivity contribution in [1.29, 1.82) is 0 Å². The van der Waals surface area contributed by atoms with Crippen LogP contribution in [0.5, 0.6) is 5.75 Å². The third kappa shape index (κ3) is 5.51. The topological polar surface area (TPSA) is 64.6 Å². The lowest BCUT2D eigenvalue weighted by molar-refractivity contribution is -0.145. The molecule has 0 saturated carbocycles. The second-order valence-electron chi connectivity index (χ2n) is 7.32. The van der Waals surface area contributed by atoms with Gasteiger partial charge in [-0.15, -0.1) is 0 Å². The molecule has 0 aliphatic carbocycles. The van der Waals surface area contributed by atoms with Crippen molar-refractivity contribution in [3.63, 3.8) is 0 Å². The van der Waals surface area contributed by atoms with E-state index in [2.05, 4.69) is 5.32 Å². The van der Waals surface area contributed by atoms with Crippen LogP contribution in [0.3, 0.4) is 0 Å². The molecule has 5 nitrogen and oxygen atoms in total. The SMILES string of the molecule is COC(=O)[C@H](Cc1ccc(-c2ccccc2OC)cc1)NC(=O)[C@@H](C)c1ccccc1. The molecule has 0 saturated heterocycles. The molecular formula is C26H27NO4. The minimum absolute atomic E-state index is 0.216. The predicted molar refractivity (Wildman–Crippen MR) is 121 cm³/mol. The second kappa shape index (κ2) is 10.4. The van der Waals surface area contributed by atoms with Crippen LogP contribution in [0.2, 0.25) is 0 Å². The predicted octanol–water partition coefficient (Wildman–Crippen LogP) is 4.37. The summed E-state index contributed by atoms with van der Waals surface area (Å²) in [6.07, 6.45) is 0.339. The molecule has 1 amide bonds. The molecule has 3 aromatic carbocycles. The second-order valence-corrected chi connectivity index (χ2v) is 7.32. The molecule has 0 aromatic heterocycles. The molecule has 3 rings (SSSR count). The van der Waals surface area contributed by atoms with E-state index in [1.54, 1.807) is 7.11 Å². The van der Waals surface area contributed by atoms with Gasteiger partial charge in [0.25, 0.3) is 0 Å². The number of rotatable bonds is 8. The van der Waals surface area contributed by atoms with E-state index in [-0.39, 0.29) is 11.8 Å². The van der Waals surface area contributed by atoms with E-state index < -0.39 is 12.0 Å². The van der Waals surface area contributed by atoms with E-state index in [1.165, 1.54) is 7.11 Å². The molecule has 3 aromatic rings. The molecular weight excluding hydrogens is 390 g/mol. The Hall–Kier alpha value is -3.60. The zero-order chi connectivity index (χ0) is 22.2. The summed E-state index contributed by atoms with van der Waals surface area (Å²) in [5.74, 6) is -0.263. The molecule has 0 aliphatic rings. The number of nitrogens with one attached hydrogen (secondary N) is 1. The molecule has 0 spiro atoms. The van der Waals surface area contributed by atoms with Crippen molar-refractivity contribution in [2.24, 2.45) is 0 Å². The van der Waals surface area contributed by atoms with Gasteiger partial charge in [0.05, 0.1) is 20.1 Å². The smallest absolute Gasteiger partial charge is 0.328 e. The summed E-state index contributed by atoms with van der Waals surface area (Å²) in [6, 6.07) is 24.4. The van der Waals surface area contributed by atoms with Crippen molar-refractivity contribution in [3.05, 3.63) is 90.0 Å². The van der Waals surface area contributed by atoms with Crippen LogP contribution >= 0.6 is 0 Å². The van der Waals surface area contributed by atoms with Crippen molar-refractivity contribution in [2.75, 3.05) is 14.2 Å². The molecule has 0 radical (unpaired) electrons. The van der Waals surface area contributed by atoms with Crippen LogP contribution in [0.25, 0.3) is 11.1 Å². The third-order valence-electron chi connectivity index (χ3n) is 5.31. The monoisotopic (exact) mass is 417 g/mol. The molecule has 5 heteroatoms. The first-order chi connectivity index (χ1) is 15.0. The number of benzene rings is 3. The Morgan fingerprint density at radius 3 is 2.16 bits per heavy atom. The first-order valence-electron chi connectivity index (χ1n) is 10.2. The number of esters is 1. The summed E-state index contributed by atoms with van der Waals surface area (Å²) >= 11 is 0. The van der Waals surface area contributed by atoms with Gasteiger partial charge in [-0.25, -0.2) is 4.79 Å². The van der Waals surface area contributed by atoms with Crippen molar-refractivity contribution >= 4 is 11.9 Å². The Labute approximate surface area is 183 Å². The number of para-hydroxylation sites is 1. The number of carbonyl (C=O) groups excluding carboxylic acids is 2. The summed E-state index contributed by atoms with van der Waals surface area (Å²) < 4.78 is 10.4. The van der Waals surface area contributed by atoms with Crippen LogP contribution in [0.1, 0.15) is 24.0 Å². The molecule has 0 aliphatic heterocycles. The fourth-order valence-corrected chi connectivity index (χ4v) is 3.46. The fraction of sp³-hybridized carbons (Fsp3) is 0.231. The molecule has 0 fully saturated rings. The van der Waals surface area contributed by atoms with Crippen molar-refractivity contribution in [3.8, 4) is 16.9 Å². The summed E-state index contributed by atoms with van der Waals surface area (Å²) in [6.45, 7) is 1.82. The Morgan fingerprint density at radius 1 is 0.871 bits per heavy atom. The van der Waals surface area contributed by atoms with E-state index in [9.17, 15) is 9.59 Å². The van der Waals surface area contributed by atoms with Gasteiger partial charge in [0.15, 0.2) is 0 Å². The Morgan fingerprint density at radius 2 is 1.52 bits per heavy atom. The van der Waals surface area contributed by atoms with Gasteiger partial charge in [-0.3, -0.25) is 4.79 Å². The van der Waals surface area contributed by atoms with Gasteiger partial charge in [0, 0.05) is 12.0 Å². The Balaban J connectivity index is 1.74. The molecule has 1 N–H and O–H groups in total. The van der Waals surface area contributed by atoms with E-state index in [0.717, 1.165) is 28.0 Å². The number of amides is 1. The van der Waals surface area contributed by atoms with Crippen LogP contribution in [0.4, 0.5) is 0 Å². The van der Waals surface area contributed by atoms with Gasteiger partial charge in [0.1, 0.15) is 11.8 Å². The van der Waals surface area contributed by atoms with Crippen LogP contribution in [0.15, 0.2) is 78.9 Å². The summed E-state index contributed by atoms with van der Waals surface area (Å²) in [5, 5.41) is 2.85.